The van der Waals surface area contributed by atoms with Gasteiger partial charge in [0.1, 0.15) is 0 Å². The number of hydrogen-bond acceptors (Lipinski definition) is 5. The zero-order valence-corrected chi connectivity index (χ0v) is 14.5. The topological polar surface area (TPSA) is 63.7 Å². The number of pyridine rings is 1. The minimum Gasteiger partial charge on any atom is -0.395 e. The van der Waals surface area contributed by atoms with E-state index in [0.29, 0.717) is 26.1 Å². The maximum absolute atomic E-state index is 13.2. The Morgan fingerprint density at radius 2 is 1.85 bits per heavy atom. The molecule has 1 N–H and O–H groups in total. The van der Waals surface area contributed by atoms with Gasteiger partial charge in [-0.1, -0.05) is 6.07 Å². The molecule has 1 saturated heterocycles. The van der Waals surface area contributed by atoms with E-state index < -0.39 is 6.29 Å². The number of alkyl halides is 2. The van der Waals surface area contributed by atoms with Crippen molar-refractivity contribution in [1.82, 2.24) is 15.2 Å². The van der Waals surface area contributed by atoms with Crippen LogP contribution >= 0.6 is 0 Å². The van der Waals surface area contributed by atoms with Gasteiger partial charge in [-0.05, 0) is 41.8 Å². The van der Waals surface area contributed by atoms with Crippen LogP contribution in [0.1, 0.15) is 24.0 Å². The molecule has 1 amide bonds. The van der Waals surface area contributed by atoms with Crippen molar-refractivity contribution in [3.05, 3.63) is 53.9 Å². The van der Waals surface area contributed by atoms with Gasteiger partial charge in [-0.25, -0.2) is 0 Å². The molecule has 6 nitrogen and oxygen atoms in total. The average Bonchev–Trinajstić information content (AvgIpc) is 3.16. The Kier molecular flexibility index (Phi) is 4.65. The molecule has 0 unspecified atom stereocenters. The number of hydrogen-bond donors (Lipinski definition) is 1. The lowest BCUT2D eigenvalue weighted by atomic mass is 10.1. The summed E-state index contributed by atoms with van der Waals surface area (Å²) >= 11 is 0. The molecule has 0 aliphatic carbocycles. The Morgan fingerprint density at radius 3 is 2.59 bits per heavy atom. The highest BCUT2D eigenvalue weighted by Crippen LogP contribution is 2.41. The Bertz CT molecular complexity index is 832. The predicted octanol–water partition coefficient (Wildman–Crippen LogP) is 2.68. The molecular weight excluding hydrogens is 356 g/mol. The summed E-state index contributed by atoms with van der Waals surface area (Å²) in [5.41, 5.74) is 1.91. The van der Waals surface area contributed by atoms with Crippen molar-refractivity contribution in [3.63, 3.8) is 0 Å². The number of rotatable bonds is 6. The van der Waals surface area contributed by atoms with E-state index in [4.69, 9.17) is 0 Å². The second-order valence-electron chi connectivity index (χ2n) is 6.78. The zero-order valence-electron chi connectivity index (χ0n) is 14.5. The van der Waals surface area contributed by atoms with Crippen LogP contribution in [0, 0.1) is 0 Å². The SMILES string of the molecule is O=C1CC[C@@H](CN(Cc2ccncc2)Cc2ccc3c(c2)OC(F)(F)O3)N1. The first kappa shape index (κ1) is 17.7. The standard InChI is InChI=1S/C19H19F2N3O3/c20-19(21)26-16-3-1-14(9-17(16)27-19)11-24(10-13-5-7-22-8-6-13)12-15-2-4-18(25)23-15/h1,3,5-9,15H,2,4,10-12H2,(H,23,25)/t15-/m0/s1. The van der Waals surface area contributed by atoms with Crippen LogP contribution in [-0.4, -0.2) is 34.7 Å². The summed E-state index contributed by atoms with van der Waals surface area (Å²) in [6.07, 6.45) is 1.17. The third kappa shape index (κ3) is 4.33. The third-order valence-electron chi connectivity index (χ3n) is 4.59. The van der Waals surface area contributed by atoms with Crippen molar-refractivity contribution in [2.45, 2.75) is 38.3 Å². The molecule has 2 aromatic rings. The highest BCUT2D eigenvalue weighted by molar-refractivity contribution is 5.78. The first-order valence-electron chi connectivity index (χ1n) is 8.76. The summed E-state index contributed by atoms with van der Waals surface area (Å²) in [5, 5.41) is 2.97. The lowest BCUT2D eigenvalue weighted by Gasteiger charge is -2.25. The summed E-state index contributed by atoms with van der Waals surface area (Å²) < 4.78 is 35.4. The largest absolute Gasteiger partial charge is 0.586 e. The molecule has 2 aliphatic heterocycles. The Labute approximate surface area is 155 Å². The number of nitrogens with zero attached hydrogens (tertiary/aromatic N) is 2. The van der Waals surface area contributed by atoms with E-state index in [1.54, 1.807) is 24.5 Å². The van der Waals surface area contributed by atoms with Crippen molar-refractivity contribution in [2.75, 3.05) is 6.54 Å². The van der Waals surface area contributed by atoms with E-state index in [1.807, 2.05) is 12.1 Å². The number of nitrogens with one attached hydrogen (secondary N) is 1. The summed E-state index contributed by atoms with van der Waals surface area (Å²) in [4.78, 5) is 17.7. The molecular formula is C19H19F2N3O3. The lowest BCUT2D eigenvalue weighted by Crippen LogP contribution is -2.38. The van der Waals surface area contributed by atoms with E-state index in [2.05, 4.69) is 24.7 Å². The van der Waals surface area contributed by atoms with Crippen LogP contribution in [0.5, 0.6) is 11.5 Å². The molecule has 1 aromatic heterocycles. The molecule has 142 valence electrons. The van der Waals surface area contributed by atoms with Crippen LogP contribution in [-0.2, 0) is 17.9 Å². The first-order chi connectivity index (χ1) is 13.0. The van der Waals surface area contributed by atoms with Crippen molar-refractivity contribution in [2.24, 2.45) is 0 Å². The molecule has 27 heavy (non-hydrogen) atoms. The lowest BCUT2D eigenvalue weighted by molar-refractivity contribution is -0.286. The van der Waals surface area contributed by atoms with Gasteiger partial charge in [-0.15, -0.1) is 8.78 Å². The normalized spacial score (nSPS) is 20.1. The molecule has 1 fully saturated rings. The van der Waals surface area contributed by atoms with Crippen molar-refractivity contribution < 1.29 is 23.0 Å². The summed E-state index contributed by atoms with van der Waals surface area (Å²) in [6.45, 7) is 1.84. The highest BCUT2D eigenvalue weighted by Gasteiger charge is 2.43. The fourth-order valence-electron chi connectivity index (χ4n) is 3.41. The zero-order chi connectivity index (χ0) is 18.9. The fourth-order valence-corrected chi connectivity index (χ4v) is 3.41. The van der Waals surface area contributed by atoms with Crippen molar-refractivity contribution in [1.29, 1.82) is 0 Å². The molecule has 0 saturated carbocycles. The summed E-state index contributed by atoms with van der Waals surface area (Å²) in [6, 6.07) is 8.76. The number of halogens is 2. The molecule has 8 heteroatoms. The smallest absolute Gasteiger partial charge is 0.395 e. The van der Waals surface area contributed by atoms with Gasteiger partial charge in [0.25, 0.3) is 0 Å². The monoisotopic (exact) mass is 375 g/mol. The Morgan fingerprint density at radius 1 is 1.11 bits per heavy atom. The Hall–Kier alpha value is -2.74. The van der Waals surface area contributed by atoms with Crippen LogP contribution in [0.15, 0.2) is 42.7 Å². The van der Waals surface area contributed by atoms with E-state index >= 15 is 0 Å². The molecule has 0 spiro atoms. The van der Waals surface area contributed by atoms with E-state index in [1.165, 1.54) is 6.07 Å². The van der Waals surface area contributed by atoms with Gasteiger partial charge >= 0.3 is 6.29 Å². The van der Waals surface area contributed by atoms with Crippen LogP contribution < -0.4 is 14.8 Å². The number of amides is 1. The van der Waals surface area contributed by atoms with Gasteiger partial charge in [-0.2, -0.15) is 0 Å². The fraction of sp³-hybridized carbons (Fsp3) is 0.368. The maximum Gasteiger partial charge on any atom is 0.586 e. The second kappa shape index (κ2) is 7.11. The van der Waals surface area contributed by atoms with Gasteiger partial charge in [-0.3, -0.25) is 14.7 Å². The molecule has 0 radical (unpaired) electrons. The van der Waals surface area contributed by atoms with Gasteiger partial charge in [0.15, 0.2) is 11.5 Å². The number of fused-ring (bicyclic) bond motifs is 1. The highest BCUT2D eigenvalue weighted by atomic mass is 19.3. The second-order valence-corrected chi connectivity index (χ2v) is 6.78. The number of benzene rings is 1. The first-order valence-corrected chi connectivity index (χ1v) is 8.76. The maximum atomic E-state index is 13.2. The van der Waals surface area contributed by atoms with E-state index in [0.717, 1.165) is 17.5 Å². The molecule has 3 heterocycles. The van der Waals surface area contributed by atoms with Crippen LogP contribution in [0.25, 0.3) is 0 Å². The molecule has 2 aliphatic rings. The summed E-state index contributed by atoms with van der Waals surface area (Å²) in [5.74, 6) is 0.136. The third-order valence-corrected chi connectivity index (χ3v) is 4.59. The molecule has 4 rings (SSSR count). The number of ether oxygens (including phenoxy) is 2. The van der Waals surface area contributed by atoms with Crippen molar-refractivity contribution in [3.8, 4) is 11.5 Å². The van der Waals surface area contributed by atoms with Crippen LogP contribution in [0.2, 0.25) is 0 Å². The van der Waals surface area contributed by atoms with Gasteiger partial charge in [0.05, 0.1) is 0 Å². The average molecular weight is 375 g/mol. The number of carbonyl (C=O) groups is 1. The minimum absolute atomic E-state index is 0.0347. The number of carbonyl (C=O) groups excluding carboxylic acids is 1. The Balaban J connectivity index is 1.49. The minimum atomic E-state index is -3.62. The predicted molar refractivity (Wildman–Crippen MR) is 92.2 cm³/mol. The van der Waals surface area contributed by atoms with Gasteiger partial charge in [0, 0.05) is 44.5 Å². The molecule has 0 bridgehead atoms. The summed E-state index contributed by atoms with van der Waals surface area (Å²) in [7, 11) is 0. The number of aromatic nitrogens is 1. The van der Waals surface area contributed by atoms with E-state index in [-0.39, 0.29) is 23.4 Å². The van der Waals surface area contributed by atoms with Crippen molar-refractivity contribution >= 4 is 5.91 Å². The van der Waals surface area contributed by atoms with Gasteiger partial charge in [0.2, 0.25) is 5.91 Å². The van der Waals surface area contributed by atoms with Crippen LogP contribution in [0.4, 0.5) is 8.78 Å². The molecule has 1 atom stereocenters. The molecule has 1 aromatic carbocycles. The van der Waals surface area contributed by atoms with E-state index in [9.17, 15) is 13.6 Å². The van der Waals surface area contributed by atoms with Gasteiger partial charge < -0.3 is 14.8 Å². The quantitative estimate of drug-likeness (QED) is 0.841. The van der Waals surface area contributed by atoms with Crippen LogP contribution in [0.3, 0.4) is 0 Å².